The maximum absolute atomic E-state index is 13.0. The van der Waals surface area contributed by atoms with E-state index < -0.39 is 7.82 Å². The highest BCUT2D eigenvalue weighted by Gasteiger charge is 2.46. The maximum atomic E-state index is 13.0. The van der Waals surface area contributed by atoms with Gasteiger partial charge in [-0.2, -0.15) is 4.57 Å². The van der Waals surface area contributed by atoms with E-state index in [0.717, 1.165) is 22.3 Å². The zero-order valence-electron chi connectivity index (χ0n) is 13.1. The van der Waals surface area contributed by atoms with Gasteiger partial charge in [-0.15, -0.1) is 0 Å². The summed E-state index contributed by atoms with van der Waals surface area (Å²) in [6.07, 6.45) is 0. The summed E-state index contributed by atoms with van der Waals surface area (Å²) < 4.78 is 29.9. The summed E-state index contributed by atoms with van der Waals surface area (Å²) in [6.45, 7) is 0. The topological polar surface area (TPSA) is 44.8 Å². The second-order valence-electron chi connectivity index (χ2n) is 5.79. The van der Waals surface area contributed by atoms with Crippen LogP contribution in [0.2, 0.25) is 0 Å². The summed E-state index contributed by atoms with van der Waals surface area (Å²) >= 11 is 0. The molecule has 0 saturated carbocycles. The van der Waals surface area contributed by atoms with Gasteiger partial charge in [-0.3, -0.25) is 0 Å². The van der Waals surface area contributed by atoms with Gasteiger partial charge in [0.2, 0.25) is 0 Å². The molecule has 2 bridgehead atoms. The quantitative estimate of drug-likeness (QED) is 0.573. The van der Waals surface area contributed by atoms with E-state index in [1.54, 1.807) is 6.07 Å². The summed E-state index contributed by atoms with van der Waals surface area (Å²) in [7, 11) is -3.74. The van der Waals surface area contributed by atoms with Gasteiger partial charge >= 0.3 is 7.82 Å². The predicted octanol–water partition coefficient (Wildman–Crippen LogP) is 5.51. The molecule has 1 atom stereocenters. The summed E-state index contributed by atoms with van der Waals surface area (Å²) in [6, 6.07) is 25.0. The van der Waals surface area contributed by atoms with Crippen LogP contribution in [0.25, 0.3) is 11.3 Å². The van der Waals surface area contributed by atoms with Gasteiger partial charge < -0.3 is 13.6 Å². The predicted molar refractivity (Wildman–Crippen MR) is 95.2 cm³/mol. The van der Waals surface area contributed by atoms with E-state index in [4.69, 9.17) is 13.6 Å². The van der Waals surface area contributed by atoms with Gasteiger partial charge in [-0.1, -0.05) is 72.8 Å². The molecule has 2 heterocycles. The number of hydrogen-bond acceptors (Lipinski definition) is 4. The lowest BCUT2D eigenvalue weighted by Gasteiger charge is -2.18. The van der Waals surface area contributed by atoms with Crippen molar-refractivity contribution in [2.45, 2.75) is 0 Å². The molecule has 0 fully saturated rings. The van der Waals surface area contributed by atoms with Crippen LogP contribution in [0, 0.1) is 0 Å². The maximum Gasteiger partial charge on any atom is 0.647 e. The lowest BCUT2D eigenvalue weighted by Crippen LogP contribution is -2.00. The molecule has 0 aromatic heterocycles. The zero-order valence-corrected chi connectivity index (χ0v) is 14.0. The Morgan fingerprint density at radius 2 is 1.32 bits per heavy atom. The third-order valence-electron chi connectivity index (χ3n) is 4.19. The lowest BCUT2D eigenvalue weighted by molar-refractivity contribution is 0.317. The molecular formula is C20H13O4P. The van der Waals surface area contributed by atoms with Crippen LogP contribution >= 0.6 is 7.82 Å². The Hall–Kier alpha value is -2.97. The molecule has 5 heteroatoms. The minimum Gasteiger partial charge on any atom is -0.385 e. The van der Waals surface area contributed by atoms with E-state index >= 15 is 0 Å². The average molecular weight is 348 g/mol. The summed E-state index contributed by atoms with van der Waals surface area (Å²) in [5, 5.41) is 0. The second kappa shape index (κ2) is 5.27. The first-order valence-electron chi connectivity index (χ1n) is 7.91. The molecule has 3 aromatic carbocycles. The number of hydrogen-bond donors (Lipinski definition) is 0. The van der Waals surface area contributed by atoms with Gasteiger partial charge in [-0.05, 0) is 11.6 Å². The molecule has 0 N–H and O–H groups in total. The van der Waals surface area contributed by atoms with Crippen LogP contribution in [0.15, 0.2) is 78.9 Å². The second-order valence-corrected chi connectivity index (χ2v) is 7.23. The molecule has 0 spiro atoms. The highest BCUT2D eigenvalue weighted by molar-refractivity contribution is 7.50. The van der Waals surface area contributed by atoms with Crippen molar-refractivity contribution in [1.82, 2.24) is 0 Å². The van der Waals surface area contributed by atoms with Crippen LogP contribution in [-0.4, -0.2) is 0 Å². The van der Waals surface area contributed by atoms with Crippen LogP contribution in [0.4, 0.5) is 0 Å². The van der Waals surface area contributed by atoms with Gasteiger partial charge in [0.25, 0.3) is 0 Å². The summed E-state index contributed by atoms with van der Waals surface area (Å²) in [5.41, 5.74) is 3.41. The molecule has 0 radical (unpaired) electrons. The van der Waals surface area contributed by atoms with Crippen molar-refractivity contribution in [1.29, 1.82) is 0 Å². The Morgan fingerprint density at radius 3 is 2.04 bits per heavy atom. The van der Waals surface area contributed by atoms with E-state index in [9.17, 15) is 4.57 Å². The molecule has 0 saturated heterocycles. The third-order valence-corrected chi connectivity index (χ3v) is 5.42. The van der Waals surface area contributed by atoms with Gasteiger partial charge in [0, 0.05) is 16.7 Å². The Morgan fingerprint density at radius 1 is 0.640 bits per heavy atom. The van der Waals surface area contributed by atoms with Crippen molar-refractivity contribution in [3.8, 4) is 11.5 Å². The van der Waals surface area contributed by atoms with Gasteiger partial charge in [0.1, 0.15) is 5.76 Å². The summed E-state index contributed by atoms with van der Waals surface area (Å²) in [4.78, 5) is 0. The van der Waals surface area contributed by atoms with Crippen molar-refractivity contribution in [3.63, 3.8) is 0 Å². The van der Waals surface area contributed by atoms with Crippen LogP contribution < -0.4 is 9.05 Å². The third kappa shape index (κ3) is 2.26. The minimum atomic E-state index is -3.74. The number of phosphoric ester groups is 1. The minimum absolute atomic E-state index is 0.446. The molecule has 3 aromatic rings. The Balaban J connectivity index is 1.88. The normalized spacial score (nSPS) is 20.3. The fourth-order valence-corrected chi connectivity index (χ4v) is 4.45. The Labute approximate surface area is 144 Å². The molecule has 2 aliphatic heterocycles. The van der Waals surface area contributed by atoms with E-state index in [1.807, 2.05) is 72.8 Å². The first kappa shape index (κ1) is 14.4. The molecule has 5 rings (SSSR count). The molecule has 122 valence electrons. The van der Waals surface area contributed by atoms with Gasteiger partial charge in [-0.25, -0.2) is 0 Å². The zero-order chi connectivity index (χ0) is 16.9. The molecule has 2 aliphatic rings. The number of phosphoric acid groups is 1. The van der Waals surface area contributed by atoms with Crippen molar-refractivity contribution in [3.05, 3.63) is 95.6 Å². The number of para-hydroxylation sites is 1. The van der Waals surface area contributed by atoms with E-state index in [-0.39, 0.29) is 0 Å². The number of rotatable bonds is 2. The van der Waals surface area contributed by atoms with E-state index in [2.05, 4.69) is 0 Å². The van der Waals surface area contributed by atoms with E-state index in [0.29, 0.717) is 17.3 Å². The fraction of sp³-hybridized carbons (Fsp3) is 0. The highest BCUT2D eigenvalue weighted by atomic mass is 31.2. The molecule has 1 unspecified atom stereocenters. The molecule has 0 amide bonds. The average Bonchev–Trinajstić information content (AvgIpc) is 2.93. The smallest absolute Gasteiger partial charge is 0.385 e. The molecule has 0 aliphatic carbocycles. The Bertz CT molecular complexity index is 1040. The molecule has 4 nitrogen and oxygen atoms in total. The van der Waals surface area contributed by atoms with Crippen molar-refractivity contribution >= 4 is 19.2 Å². The van der Waals surface area contributed by atoms with Gasteiger partial charge in [0.15, 0.2) is 11.5 Å². The van der Waals surface area contributed by atoms with Crippen LogP contribution in [0.1, 0.15) is 16.7 Å². The number of benzene rings is 3. The summed E-state index contributed by atoms with van der Waals surface area (Å²) in [5.74, 6) is 1.41. The highest BCUT2D eigenvalue weighted by Crippen LogP contribution is 2.65. The SMILES string of the molecule is O=P12OC(c3ccccc3)=C(c3ccccc3)c3cccc(c3O1)O2. The molecular weight excluding hydrogens is 335 g/mol. The first-order chi connectivity index (χ1) is 12.2. The first-order valence-corrected chi connectivity index (χ1v) is 9.37. The van der Waals surface area contributed by atoms with Crippen molar-refractivity contribution in [2.24, 2.45) is 0 Å². The van der Waals surface area contributed by atoms with Crippen LogP contribution in [-0.2, 0) is 9.09 Å². The monoisotopic (exact) mass is 348 g/mol. The fourth-order valence-electron chi connectivity index (χ4n) is 3.12. The van der Waals surface area contributed by atoms with Crippen LogP contribution in [0.3, 0.4) is 0 Å². The van der Waals surface area contributed by atoms with Crippen molar-refractivity contribution in [2.75, 3.05) is 0 Å². The standard InChI is InChI=1S/C20H13O4P/c21-25-22-17-13-7-12-16(20(17)24-25)18(14-8-3-1-4-9-14)19(23-25)15-10-5-2-6-11-15/h1-13H. The van der Waals surface area contributed by atoms with Crippen molar-refractivity contribution < 1.29 is 18.1 Å². The number of fused-ring (bicyclic) bond motifs is 1. The lowest BCUT2D eigenvalue weighted by atomic mass is 9.93. The van der Waals surface area contributed by atoms with E-state index in [1.165, 1.54) is 0 Å². The van der Waals surface area contributed by atoms with Gasteiger partial charge in [0.05, 0.1) is 0 Å². The molecule has 25 heavy (non-hydrogen) atoms. The van der Waals surface area contributed by atoms with Crippen LogP contribution in [0.5, 0.6) is 11.5 Å². The largest absolute Gasteiger partial charge is 0.647 e. The Kier molecular flexibility index (Phi) is 3.03.